The quantitative estimate of drug-likeness (QED) is 0.269. The van der Waals surface area contributed by atoms with Crippen molar-refractivity contribution in [3.63, 3.8) is 0 Å². The van der Waals surface area contributed by atoms with Crippen LogP contribution in [0.15, 0.2) is 91.9 Å². The minimum absolute atomic E-state index is 0.198. The molecule has 0 radical (unpaired) electrons. The SMILES string of the molecule is C=Cc1nccn1CC#CCOc1ccc2c(OCc3nnc4ccc(-c5ccccc5)nn34)ccnc2c1. The second kappa shape index (κ2) is 10.9. The van der Waals surface area contributed by atoms with Gasteiger partial charge in [0, 0.05) is 35.6 Å². The summed E-state index contributed by atoms with van der Waals surface area (Å²) in [6.07, 6.45) is 7.00. The number of pyridine rings is 1. The smallest absolute Gasteiger partial charge is 0.192 e. The molecule has 9 heteroatoms. The Morgan fingerprint density at radius 3 is 2.72 bits per heavy atom. The maximum absolute atomic E-state index is 6.14. The number of rotatable bonds is 8. The summed E-state index contributed by atoms with van der Waals surface area (Å²) in [5.41, 5.74) is 3.26. The molecule has 0 bridgehead atoms. The van der Waals surface area contributed by atoms with Gasteiger partial charge in [-0.1, -0.05) is 48.8 Å². The van der Waals surface area contributed by atoms with E-state index in [1.54, 1.807) is 23.0 Å². The first-order chi connectivity index (χ1) is 19.3. The highest BCUT2D eigenvalue weighted by Gasteiger charge is 2.11. The lowest BCUT2D eigenvalue weighted by Gasteiger charge is -2.09. The van der Waals surface area contributed by atoms with Crippen molar-refractivity contribution < 1.29 is 9.47 Å². The van der Waals surface area contributed by atoms with E-state index in [0.29, 0.717) is 29.5 Å². The second-order valence-electron chi connectivity index (χ2n) is 8.51. The molecule has 0 unspecified atom stereocenters. The number of fused-ring (bicyclic) bond motifs is 2. The number of ether oxygens (including phenoxy) is 2. The Balaban J connectivity index is 1.13. The lowest BCUT2D eigenvalue weighted by Crippen LogP contribution is -2.05. The van der Waals surface area contributed by atoms with E-state index in [4.69, 9.17) is 14.6 Å². The molecule has 0 saturated carbocycles. The first kappa shape index (κ1) is 23.9. The van der Waals surface area contributed by atoms with Crippen LogP contribution < -0.4 is 9.47 Å². The van der Waals surface area contributed by atoms with E-state index in [2.05, 4.69) is 38.6 Å². The van der Waals surface area contributed by atoms with E-state index in [0.717, 1.165) is 28.0 Å². The fourth-order valence-corrected chi connectivity index (χ4v) is 4.10. The fourth-order valence-electron chi connectivity index (χ4n) is 4.10. The first-order valence-electron chi connectivity index (χ1n) is 12.3. The highest BCUT2D eigenvalue weighted by molar-refractivity contribution is 5.86. The zero-order chi connectivity index (χ0) is 26.4. The monoisotopic (exact) mass is 513 g/mol. The van der Waals surface area contributed by atoms with E-state index < -0.39 is 0 Å². The molecule has 39 heavy (non-hydrogen) atoms. The van der Waals surface area contributed by atoms with Crippen LogP contribution in [0.25, 0.3) is 33.9 Å². The third-order valence-electron chi connectivity index (χ3n) is 6.04. The molecule has 0 aliphatic carbocycles. The van der Waals surface area contributed by atoms with E-state index in [-0.39, 0.29) is 13.2 Å². The van der Waals surface area contributed by atoms with Gasteiger partial charge in [0.2, 0.25) is 0 Å². The largest absolute Gasteiger partial charge is 0.485 e. The average Bonchev–Trinajstić information content (AvgIpc) is 3.62. The van der Waals surface area contributed by atoms with Crippen molar-refractivity contribution in [1.82, 2.24) is 34.3 Å². The lowest BCUT2D eigenvalue weighted by atomic mass is 10.1. The molecule has 0 N–H and O–H groups in total. The summed E-state index contributed by atoms with van der Waals surface area (Å²) in [5.74, 6) is 8.85. The number of benzene rings is 2. The highest BCUT2D eigenvalue weighted by atomic mass is 16.5. The van der Waals surface area contributed by atoms with Gasteiger partial charge < -0.3 is 14.0 Å². The van der Waals surface area contributed by atoms with Crippen LogP contribution in [-0.2, 0) is 13.2 Å². The van der Waals surface area contributed by atoms with Crippen molar-refractivity contribution in [2.75, 3.05) is 6.61 Å². The molecule has 4 aromatic heterocycles. The molecule has 9 nitrogen and oxygen atoms in total. The first-order valence-corrected chi connectivity index (χ1v) is 12.3. The average molecular weight is 514 g/mol. The van der Waals surface area contributed by atoms with Crippen LogP contribution in [0, 0.1) is 11.8 Å². The van der Waals surface area contributed by atoms with Gasteiger partial charge in [-0.25, -0.2) is 4.98 Å². The molecule has 0 aliphatic rings. The summed E-state index contributed by atoms with van der Waals surface area (Å²) in [7, 11) is 0. The van der Waals surface area contributed by atoms with E-state index in [1.807, 2.05) is 77.5 Å². The van der Waals surface area contributed by atoms with E-state index in [9.17, 15) is 0 Å². The summed E-state index contributed by atoms with van der Waals surface area (Å²) in [5, 5.41) is 14.1. The van der Waals surface area contributed by atoms with Crippen molar-refractivity contribution >= 4 is 22.6 Å². The van der Waals surface area contributed by atoms with Crippen molar-refractivity contribution in [3.8, 4) is 34.6 Å². The molecule has 2 aromatic carbocycles. The summed E-state index contributed by atoms with van der Waals surface area (Å²) < 4.78 is 15.6. The molecular weight excluding hydrogens is 490 g/mol. The minimum Gasteiger partial charge on any atom is -0.485 e. The van der Waals surface area contributed by atoms with Crippen LogP contribution in [0.5, 0.6) is 11.5 Å². The topological polar surface area (TPSA) is 92.2 Å². The highest BCUT2D eigenvalue weighted by Crippen LogP contribution is 2.28. The van der Waals surface area contributed by atoms with Crippen LogP contribution in [-0.4, -0.2) is 41.0 Å². The standard InChI is InChI=1S/C30H23N7O2/c1-2-28-32-16-18-36(28)17-6-7-19-38-23-10-11-24-26(20-23)31-15-14-27(24)39-21-30-34-33-29-13-12-25(35-37(29)30)22-8-4-3-5-9-22/h2-5,8-16,18,20H,1,17,19,21H2. The lowest BCUT2D eigenvalue weighted by molar-refractivity contribution is 0.296. The normalized spacial score (nSPS) is 10.8. The Labute approximate surface area is 224 Å². The summed E-state index contributed by atoms with van der Waals surface area (Å²) in [6, 6.07) is 21.3. The predicted molar refractivity (Wildman–Crippen MR) is 148 cm³/mol. The van der Waals surface area contributed by atoms with Crippen LogP contribution in [0.3, 0.4) is 0 Å². The molecular formula is C30H23N7O2. The maximum atomic E-state index is 6.14. The van der Waals surface area contributed by atoms with Gasteiger partial charge in [-0.15, -0.1) is 10.2 Å². The van der Waals surface area contributed by atoms with E-state index in [1.165, 1.54) is 0 Å². The Morgan fingerprint density at radius 2 is 1.82 bits per heavy atom. The number of hydrogen-bond donors (Lipinski definition) is 0. The van der Waals surface area contributed by atoms with Gasteiger partial charge in [-0.05, 0) is 36.4 Å². The molecule has 6 rings (SSSR count). The predicted octanol–water partition coefficient (Wildman–Crippen LogP) is 4.84. The number of imidazole rings is 1. The van der Waals surface area contributed by atoms with Gasteiger partial charge in [-0.2, -0.15) is 9.61 Å². The number of aromatic nitrogens is 7. The third kappa shape index (κ3) is 5.17. The fraction of sp³-hybridized carbons (Fsp3) is 0.100. The minimum atomic E-state index is 0.198. The summed E-state index contributed by atoms with van der Waals surface area (Å²) in [6.45, 7) is 4.73. The Morgan fingerprint density at radius 1 is 0.897 bits per heavy atom. The summed E-state index contributed by atoms with van der Waals surface area (Å²) in [4.78, 5) is 8.67. The van der Waals surface area contributed by atoms with Crippen LogP contribution >= 0.6 is 0 Å². The Hall–Kier alpha value is -5.49. The van der Waals surface area contributed by atoms with Gasteiger partial charge in [0.05, 0.1) is 17.8 Å². The Kier molecular flexibility index (Phi) is 6.65. The molecule has 0 atom stereocenters. The van der Waals surface area contributed by atoms with Crippen molar-refractivity contribution in [2.45, 2.75) is 13.2 Å². The van der Waals surface area contributed by atoms with Gasteiger partial charge >= 0.3 is 0 Å². The molecule has 0 spiro atoms. The van der Waals surface area contributed by atoms with Crippen molar-refractivity contribution in [2.24, 2.45) is 0 Å². The molecule has 0 saturated heterocycles. The molecule has 0 fully saturated rings. The van der Waals surface area contributed by atoms with Crippen LogP contribution in [0.1, 0.15) is 11.6 Å². The molecule has 6 aromatic rings. The van der Waals surface area contributed by atoms with Gasteiger partial charge in [0.1, 0.15) is 30.5 Å². The van der Waals surface area contributed by atoms with Crippen molar-refractivity contribution in [3.05, 3.63) is 104 Å². The maximum Gasteiger partial charge on any atom is 0.192 e. The van der Waals surface area contributed by atoms with Gasteiger partial charge in [-0.3, -0.25) is 4.98 Å². The summed E-state index contributed by atoms with van der Waals surface area (Å²) >= 11 is 0. The zero-order valence-corrected chi connectivity index (χ0v) is 20.9. The zero-order valence-electron chi connectivity index (χ0n) is 20.9. The third-order valence-corrected chi connectivity index (χ3v) is 6.04. The molecule has 190 valence electrons. The second-order valence-corrected chi connectivity index (χ2v) is 8.51. The number of hydrogen-bond acceptors (Lipinski definition) is 7. The molecule has 0 amide bonds. The Bertz CT molecular complexity index is 1830. The van der Waals surface area contributed by atoms with Gasteiger partial charge in [0.15, 0.2) is 11.5 Å². The molecule has 4 heterocycles. The van der Waals surface area contributed by atoms with Crippen LogP contribution in [0.2, 0.25) is 0 Å². The number of nitrogens with zero attached hydrogens (tertiary/aromatic N) is 7. The van der Waals surface area contributed by atoms with Crippen LogP contribution in [0.4, 0.5) is 0 Å². The van der Waals surface area contributed by atoms with Crippen molar-refractivity contribution in [1.29, 1.82) is 0 Å². The molecule has 0 aliphatic heterocycles. The van der Waals surface area contributed by atoms with E-state index >= 15 is 0 Å². The van der Waals surface area contributed by atoms with Gasteiger partial charge in [0.25, 0.3) is 0 Å².